The van der Waals surface area contributed by atoms with Crippen LogP contribution in [0.5, 0.6) is 0 Å². The van der Waals surface area contributed by atoms with Gasteiger partial charge in [0.05, 0.1) is 11.5 Å². The molecule has 0 aromatic heterocycles. The van der Waals surface area contributed by atoms with Crippen LogP contribution < -0.4 is 0 Å². The molecule has 0 aromatic rings. The zero-order valence-electron chi connectivity index (χ0n) is 22.9. The van der Waals surface area contributed by atoms with E-state index in [0.717, 1.165) is 0 Å². The number of hydrogen-bond acceptors (Lipinski definition) is 9. The highest BCUT2D eigenvalue weighted by Crippen LogP contribution is 2.73. The predicted molar refractivity (Wildman–Crippen MR) is 131 cm³/mol. The molecule has 0 amide bonds. The topological polar surface area (TPSA) is 125 Å². The average Bonchev–Trinajstić information content (AvgIpc) is 2.94. The van der Waals surface area contributed by atoms with Crippen molar-refractivity contribution < 1.29 is 43.2 Å². The van der Waals surface area contributed by atoms with Crippen LogP contribution in [0.1, 0.15) is 74.1 Å². The summed E-state index contributed by atoms with van der Waals surface area (Å²) in [5, 5.41) is 11.8. The summed E-state index contributed by atoms with van der Waals surface area (Å²) in [6.07, 6.45) is -1.97. The minimum absolute atomic E-state index is 0.105. The second-order valence-corrected chi connectivity index (χ2v) is 12.4. The minimum atomic E-state index is -0.940. The van der Waals surface area contributed by atoms with Crippen molar-refractivity contribution in [2.75, 3.05) is 0 Å². The van der Waals surface area contributed by atoms with Gasteiger partial charge in [-0.3, -0.25) is 19.2 Å². The average molecular weight is 521 g/mol. The molecule has 0 aliphatic heterocycles. The lowest BCUT2D eigenvalue weighted by atomic mass is 9.38. The Morgan fingerprint density at radius 1 is 0.784 bits per heavy atom. The quantitative estimate of drug-likeness (QED) is 0.338. The molecule has 1 N–H and O–H groups in total. The molecule has 4 fully saturated rings. The Morgan fingerprint density at radius 3 is 1.84 bits per heavy atom. The Kier molecular flexibility index (Phi) is 6.79. The number of fused-ring (bicyclic) bond motifs is 3. The van der Waals surface area contributed by atoms with Crippen molar-refractivity contribution in [3.8, 4) is 0 Å². The molecule has 9 nitrogen and oxygen atoms in total. The lowest BCUT2D eigenvalue weighted by molar-refractivity contribution is -0.294. The summed E-state index contributed by atoms with van der Waals surface area (Å²) in [4.78, 5) is 49.1. The van der Waals surface area contributed by atoms with Gasteiger partial charge < -0.3 is 24.1 Å². The Morgan fingerprint density at radius 2 is 1.30 bits per heavy atom. The first kappa shape index (κ1) is 27.6. The summed E-state index contributed by atoms with van der Waals surface area (Å²) in [7, 11) is 0. The Hall–Kier alpha value is -2.42. The second kappa shape index (κ2) is 9.10. The Bertz CT molecular complexity index is 1020. The van der Waals surface area contributed by atoms with Gasteiger partial charge in [-0.25, -0.2) is 0 Å². The van der Waals surface area contributed by atoms with Crippen molar-refractivity contribution in [1.29, 1.82) is 0 Å². The zero-order valence-corrected chi connectivity index (χ0v) is 22.9. The lowest BCUT2D eigenvalue weighted by Gasteiger charge is -2.68. The van der Waals surface area contributed by atoms with E-state index in [1.165, 1.54) is 27.7 Å². The number of rotatable bonds is 4. The number of esters is 4. The van der Waals surface area contributed by atoms with Crippen LogP contribution in [0, 0.1) is 34.0 Å². The number of carbonyl (C=O) groups excluding carboxylic acids is 4. The highest BCUT2D eigenvalue weighted by molar-refractivity contribution is 5.68. The fourth-order valence-electron chi connectivity index (χ4n) is 8.92. The van der Waals surface area contributed by atoms with Crippen LogP contribution in [0.25, 0.3) is 0 Å². The summed E-state index contributed by atoms with van der Waals surface area (Å²) in [6, 6.07) is 0. The van der Waals surface area contributed by atoms with Gasteiger partial charge in [0.2, 0.25) is 0 Å². The molecule has 4 aliphatic rings. The number of aliphatic hydroxyl groups excluding tert-OH is 1. The molecule has 206 valence electrons. The van der Waals surface area contributed by atoms with E-state index in [-0.39, 0.29) is 18.3 Å². The van der Waals surface area contributed by atoms with E-state index in [0.29, 0.717) is 24.8 Å². The molecule has 10 atom stereocenters. The highest BCUT2D eigenvalue weighted by atomic mass is 16.6. The number of aliphatic hydroxyl groups is 1. The molecule has 9 heteroatoms. The molecular weight excluding hydrogens is 480 g/mol. The first-order valence-electron chi connectivity index (χ1n) is 13.1. The molecule has 1 spiro atoms. The molecule has 37 heavy (non-hydrogen) atoms. The van der Waals surface area contributed by atoms with Gasteiger partial charge in [-0.05, 0) is 36.7 Å². The van der Waals surface area contributed by atoms with Crippen molar-refractivity contribution >= 4 is 23.9 Å². The summed E-state index contributed by atoms with van der Waals surface area (Å²) in [5.41, 5.74) is -1.64. The maximum atomic E-state index is 12.4. The number of hydrogen-bond donors (Lipinski definition) is 1. The molecule has 0 heterocycles. The summed E-state index contributed by atoms with van der Waals surface area (Å²) >= 11 is 0. The zero-order chi connectivity index (χ0) is 27.7. The SMILES string of the molecule is C=C1[C@@H]2C[C@@H](O)[C@H]3[C@@]4(C)[C@H](C[C@H](OC(C)=O)[C@]3(C2)[C@@H]1OC(C)=O)C(C)(C)[C@@H](OC(C)=O)C[C@H]4OC(C)=O. The van der Waals surface area contributed by atoms with Gasteiger partial charge in [0.25, 0.3) is 0 Å². The molecule has 0 saturated heterocycles. The van der Waals surface area contributed by atoms with Crippen LogP contribution in [-0.2, 0) is 38.1 Å². The Balaban J connectivity index is 1.95. The maximum absolute atomic E-state index is 12.4. The largest absolute Gasteiger partial charge is 0.462 e. The van der Waals surface area contributed by atoms with E-state index in [1.54, 1.807) is 0 Å². The van der Waals surface area contributed by atoms with Gasteiger partial charge in [-0.1, -0.05) is 27.4 Å². The fourth-order valence-corrected chi connectivity index (χ4v) is 8.92. The molecule has 4 aliphatic carbocycles. The van der Waals surface area contributed by atoms with Gasteiger partial charge in [0.1, 0.15) is 24.4 Å². The van der Waals surface area contributed by atoms with Gasteiger partial charge >= 0.3 is 23.9 Å². The van der Waals surface area contributed by atoms with Crippen LogP contribution >= 0.6 is 0 Å². The highest BCUT2D eigenvalue weighted by Gasteiger charge is 2.77. The van der Waals surface area contributed by atoms with Crippen molar-refractivity contribution in [1.82, 2.24) is 0 Å². The van der Waals surface area contributed by atoms with E-state index in [2.05, 4.69) is 6.58 Å². The van der Waals surface area contributed by atoms with Crippen molar-refractivity contribution in [3.63, 3.8) is 0 Å². The molecule has 0 radical (unpaired) electrons. The van der Waals surface area contributed by atoms with E-state index in [4.69, 9.17) is 18.9 Å². The summed E-state index contributed by atoms with van der Waals surface area (Å²) < 4.78 is 23.6. The molecular formula is C28H40O9. The third-order valence-electron chi connectivity index (χ3n) is 9.97. The standard InChI is InChI=1S/C28H40O9/c1-13-18-9-19(33)24-27(8)20(26(6,7)21(34-14(2)29)11-22(27)35-15(3)30)10-23(36-16(4)31)28(24,12-18)25(13)37-17(5)32/h18-25,33H,1,9-12H2,2-8H3/t18-,19-,20-,21+,22-,23+,24+,25-,27+,28+/m1/s1. The maximum Gasteiger partial charge on any atom is 0.303 e. The number of carbonyl (C=O) groups is 4. The minimum Gasteiger partial charge on any atom is -0.462 e. The van der Waals surface area contributed by atoms with Crippen LogP contribution in [0.4, 0.5) is 0 Å². The van der Waals surface area contributed by atoms with Gasteiger partial charge in [-0.15, -0.1) is 0 Å². The van der Waals surface area contributed by atoms with Crippen molar-refractivity contribution in [2.45, 2.75) is 105 Å². The van der Waals surface area contributed by atoms with Crippen molar-refractivity contribution in [2.24, 2.45) is 34.0 Å². The first-order chi connectivity index (χ1) is 17.1. The Labute approximate surface area is 218 Å². The van der Waals surface area contributed by atoms with Gasteiger partial charge in [0, 0.05) is 50.9 Å². The molecule has 0 aromatic carbocycles. The first-order valence-corrected chi connectivity index (χ1v) is 13.1. The molecule has 4 saturated carbocycles. The predicted octanol–water partition coefficient (Wildman–Crippen LogP) is 3.11. The van der Waals surface area contributed by atoms with E-state index in [9.17, 15) is 24.3 Å². The fraction of sp³-hybridized carbons (Fsp3) is 0.786. The van der Waals surface area contributed by atoms with Gasteiger partial charge in [-0.2, -0.15) is 0 Å². The van der Waals surface area contributed by atoms with Crippen molar-refractivity contribution in [3.05, 3.63) is 12.2 Å². The van der Waals surface area contributed by atoms with Crippen LogP contribution in [0.3, 0.4) is 0 Å². The normalized spacial score (nSPS) is 43.6. The van der Waals surface area contributed by atoms with Crippen LogP contribution in [0.2, 0.25) is 0 Å². The molecule has 4 rings (SSSR count). The lowest BCUT2D eigenvalue weighted by Crippen LogP contribution is -2.73. The summed E-state index contributed by atoms with van der Waals surface area (Å²) in [5.74, 6) is -2.80. The van der Waals surface area contributed by atoms with E-state index >= 15 is 0 Å². The smallest absolute Gasteiger partial charge is 0.303 e. The molecule has 0 unspecified atom stereocenters. The monoisotopic (exact) mass is 520 g/mol. The third kappa shape index (κ3) is 4.08. The summed E-state index contributed by atoms with van der Waals surface area (Å²) in [6.45, 7) is 15.7. The van der Waals surface area contributed by atoms with Crippen LogP contribution in [-0.4, -0.2) is 59.5 Å². The van der Waals surface area contributed by atoms with Crippen LogP contribution in [0.15, 0.2) is 12.2 Å². The number of ether oxygens (including phenoxy) is 4. The molecule has 2 bridgehead atoms. The third-order valence-corrected chi connectivity index (χ3v) is 9.97. The second-order valence-electron chi connectivity index (χ2n) is 12.4. The van der Waals surface area contributed by atoms with Gasteiger partial charge in [0.15, 0.2) is 0 Å². The van der Waals surface area contributed by atoms with E-state index in [1.807, 2.05) is 20.8 Å². The van der Waals surface area contributed by atoms with E-state index < -0.39 is 76.6 Å².